The molecule has 0 heteroatoms. The van der Waals surface area contributed by atoms with E-state index in [0.29, 0.717) is 0 Å². The second-order valence-corrected chi connectivity index (χ2v) is 9.48. The Morgan fingerprint density at radius 2 is 0.865 bits per heavy atom. The minimum atomic E-state index is -0.00959. The van der Waals surface area contributed by atoms with Gasteiger partial charge in [0.1, 0.15) is 0 Å². The molecule has 6 aromatic rings. The van der Waals surface area contributed by atoms with Crippen LogP contribution in [0.1, 0.15) is 66.5 Å². The van der Waals surface area contributed by atoms with Gasteiger partial charge in [-0.15, -0.1) is 0 Å². The summed E-state index contributed by atoms with van der Waals surface area (Å²) in [5.74, 6) is 0. The van der Waals surface area contributed by atoms with Gasteiger partial charge < -0.3 is 0 Å². The summed E-state index contributed by atoms with van der Waals surface area (Å²) in [6.07, 6.45) is 0. The van der Waals surface area contributed by atoms with Crippen LogP contribution in [0.4, 0.5) is 0 Å². The molecule has 0 unspecified atom stereocenters. The van der Waals surface area contributed by atoms with Crippen LogP contribution < -0.4 is 0 Å². The van der Waals surface area contributed by atoms with Crippen LogP contribution in [0, 0.1) is 0 Å². The third-order valence-corrected chi connectivity index (χ3v) is 7.34. The first kappa shape index (κ1) is 26.4. The van der Waals surface area contributed by atoms with Gasteiger partial charge in [-0.05, 0) is 102 Å². The van der Waals surface area contributed by atoms with Gasteiger partial charge >= 0.3 is 0 Å². The Hall–Kier alpha value is -3.64. The summed E-state index contributed by atoms with van der Waals surface area (Å²) in [5.41, 5.74) is 5.67. The second-order valence-electron chi connectivity index (χ2n) is 9.48. The predicted molar refractivity (Wildman–Crippen MR) is 168 cm³/mol. The highest BCUT2D eigenvalue weighted by Crippen LogP contribution is 2.52. The van der Waals surface area contributed by atoms with Crippen molar-refractivity contribution in [3.05, 3.63) is 108 Å². The molecule has 0 saturated heterocycles. The van der Waals surface area contributed by atoms with E-state index < -0.39 is 0 Å². The third kappa shape index (κ3) is 4.29. The maximum Gasteiger partial charge on any atom is 0.0159 e. The van der Waals surface area contributed by atoms with Gasteiger partial charge in [0, 0.05) is 5.41 Å². The van der Waals surface area contributed by atoms with Gasteiger partial charge in [-0.2, -0.15) is 0 Å². The zero-order chi connectivity index (χ0) is 26.7. The third-order valence-electron chi connectivity index (χ3n) is 7.34. The molecule has 0 saturated carbocycles. The zero-order valence-corrected chi connectivity index (χ0v) is 23.7. The van der Waals surface area contributed by atoms with Gasteiger partial charge in [-0.3, -0.25) is 0 Å². The molecule has 0 spiro atoms. The van der Waals surface area contributed by atoms with Gasteiger partial charge in [-0.25, -0.2) is 0 Å². The molecule has 7 rings (SSSR count). The molecular formula is C37H40. The molecular weight excluding hydrogens is 444 g/mol. The number of hydrogen-bond acceptors (Lipinski definition) is 0. The molecule has 37 heavy (non-hydrogen) atoms. The van der Waals surface area contributed by atoms with Crippen molar-refractivity contribution >= 4 is 43.1 Å². The lowest BCUT2D eigenvalue weighted by Crippen LogP contribution is -2.14. The van der Waals surface area contributed by atoms with E-state index in [1.807, 2.05) is 41.5 Å². The van der Waals surface area contributed by atoms with Crippen LogP contribution in [0.2, 0.25) is 0 Å². The average molecular weight is 485 g/mol. The van der Waals surface area contributed by atoms with Gasteiger partial charge in [0.25, 0.3) is 0 Å². The van der Waals surface area contributed by atoms with Crippen molar-refractivity contribution in [1.29, 1.82) is 0 Å². The van der Waals surface area contributed by atoms with E-state index in [-0.39, 0.29) is 5.41 Å². The highest BCUT2D eigenvalue weighted by atomic mass is 14.4. The molecule has 0 bridgehead atoms. The Bertz CT molecular complexity index is 1700. The molecule has 0 radical (unpaired) electrons. The van der Waals surface area contributed by atoms with Crippen LogP contribution in [-0.4, -0.2) is 0 Å². The van der Waals surface area contributed by atoms with Crippen LogP contribution in [0.5, 0.6) is 0 Å². The largest absolute Gasteiger partial charge is 0.0683 e. The maximum absolute atomic E-state index is 2.43. The van der Waals surface area contributed by atoms with E-state index in [9.17, 15) is 0 Å². The fourth-order valence-electron chi connectivity index (χ4n) is 5.69. The minimum Gasteiger partial charge on any atom is -0.0683 e. The van der Waals surface area contributed by atoms with E-state index in [1.54, 1.807) is 0 Å². The van der Waals surface area contributed by atoms with Crippen LogP contribution in [0.3, 0.4) is 0 Å². The SMILES string of the molecule is CC.CC.CC.CC1(C)c2cc3cc4ccccc4cc3cc2-c2c1ccc1cc3ccccc3cc21. The molecule has 0 N–H and O–H groups in total. The number of hydrogen-bond donors (Lipinski definition) is 0. The number of rotatable bonds is 0. The Balaban J connectivity index is 0.000000500. The summed E-state index contributed by atoms with van der Waals surface area (Å²) in [7, 11) is 0. The summed E-state index contributed by atoms with van der Waals surface area (Å²) < 4.78 is 0. The summed E-state index contributed by atoms with van der Waals surface area (Å²) in [6, 6.07) is 36.3. The lowest BCUT2D eigenvalue weighted by Gasteiger charge is -2.22. The summed E-state index contributed by atoms with van der Waals surface area (Å²) in [4.78, 5) is 0. The van der Waals surface area contributed by atoms with Crippen molar-refractivity contribution < 1.29 is 0 Å². The van der Waals surface area contributed by atoms with Crippen LogP contribution >= 0.6 is 0 Å². The maximum atomic E-state index is 2.43. The normalized spacial score (nSPS) is 12.5. The van der Waals surface area contributed by atoms with Crippen LogP contribution in [0.25, 0.3) is 54.2 Å². The summed E-state index contributed by atoms with van der Waals surface area (Å²) in [5, 5.41) is 10.5. The van der Waals surface area contributed by atoms with Gasteiger partial charge in [-0.1, -0.05) is 116 Å². The first-order chi connectivity index (χ1) is 18.1. The molecule has 0 aromatic heterocycles. The van der Waals surface area contributed by atoms with Crippen molar-refractivity contribution in [2.75, 3.05) is 0 Å². The predicted octanol–water partition coefficient (Wildman–Crippen LogP) is 11.7. The Kier molecular flexibility index (Phi) is 7.69. The fourth-order valence-corrected chi connectivity index (χ4v) is 5.69. The molecule has 0 atom stereocenters. The van der Waals surface area contributed by atoms with E-state index in [2.05, 4.69) is 111 Å². The average Bonchev–Trinajstić information content (AvgIpc) is 3.18. The van der Waals surface area contributed by atoms with Crippen molar-refractivity contribution in [2.24, 2.45) is 0 Å². The summed E-state index contributed by atoms with van der Waals surface area (Å²) >= 11 is 0. The molecule has 188 valence electrons. The van der Waals surface area contributed by atoms with Crippen LogP contribution in [0.15, 0.2) is 97.1 Å². The van der Waals surface area contributed by atoms with Crippen molar-refractivity contribution in [2.45, 2.75) is 60.8 Å². The lowest BCUT2D eigenvalue weighted by atomic mass is 9.81. The molecule has 0 nitrogen and oxygen atoms in total. The van der Waals surface area contributed by atoms with Crippen molar-refractivity contribution in [3.8, 4) is 11.1 Å². The standard InChI is InChI=1S/C31H22.3C2H6/c1-31(2)28-12-11-23-13-19-7-5-6-10-22(19)16-26(23)30(28)27-17-24-14-20-8-3-4-9-21(20)15-25(24)18-29(27)31;3*1-2/h3-18H,1-2H3;3*1-2H3. The molecule has 1 aliphatic rings. The van der Waals surface area contributed by atoms with Crippen molar-refractivity contribution in [1.82, 2.24) is 0 Å². The monoisotopic (exact) mass is 484 g/mol. The molecule has 1 aliphatic carbocycles. The first-order valence-corrected chi connectivity index (χ1v) is 14.0. The molecule has 0 heterocycles. The van der Waals surface area contributed by atoms with Crippen molar-refractivity contribution in [3.63, 3.8) is 0 Å². The number of benzene rings is 6. The molecule has 0 fully saturated rings. The van der Waals surface area contributed by atoms with E-state index in [1.165, 1.54) is 65.3 Å². The zero-order valence-electron chi connectivity index (χ0n) is 23.7. The first-order valence-electron chi connectivity index (χ1n) is 14.0. The highest BCUT2D eigenvalue weighted by Gasteiger charge is 2.36. The van der Waals surface area contributed by atoms with E-state index >= 15 is 0 Å². The van der Waals surface area contributed by atoms with Gasteiger partial charge in [0.2, 0.25) is 0 Å². The summed E-state index contributed by atoms with van der Waals surface area (Å²) in [6.45, 7) is 16.7. The Labute approximate surface area is 223 Å². The Morgan fingerprint density at radius 1 is 0.405 bits per heavy atom. The van der Waals surface area contributed by atoms with Gasteiger partial charge in [0.05, 0.1) is 0 Å². The second kappa shape index (κ2) is 10.8. The minimum absolute atomic E-state index is 0.00959. The fraction of sp³-hybridized carbons (Fsp3) is 0.243. The van der Waals surface area contributed by atoms with E-state index in [0.717, 1.165) is 0 Å². The quantitative estimate of drug-likeness (QED) is 0.188. The Morgan fingerprint density at radius 3 is 1.41 bits per heavy atom. The number of fused-ring (bicyclic) bond motifs is 8. The smallest absolute Gasteiger partial charge is 0.0159 e. The molecule has 0 amide bonds. The molecule has 0 aliphatic heterocycles. The van der Waals surface area contributed by atoms with Gasteiger partial charge in [0.15, 0.2) is 0 Å². The topological polar surface area (TPSA) is 0 Å². The van der Waals surface area contributed by atoms with Crippen LogP contribution in [-0.2, 0) is 5.41 Å². The van der Waals surface area contributed by atoms with E-state index in [4.69, 9.17) is 0 Å². The molecule has 6 aromatic carbocycles. The highest BCUT2D eigenvalue weighted by molar-refractivity contribution is 6.10. The lowest BCUT2D eigenvalue weighted by molar-refractivity contribution is 0.661.